The van der Waals surface area contributed by atoms with Gasteiger partial charge in [-0.05, 0) is 37.5 Å². The molecule has 10 heteroatoms. The standard InChI is InChI=1S/C15H19F2N3O4S/c1-24-15(21)14-10-7-9(3-5-12(10)18-19-14)20-25(22,23)13-6-8(16)2-4-11(13)17/h2,4,6,9-10,12,14,18-20H,3,5,7H2,1H3. The Kier molecular flexibility index (Phi) is 5.05. The second-order valence-corrected chi connectivity index (χ2v) is 7.95. The molecule has 3 N–H and O–H groups in total. The van der Waals surface area contributed by atoms with E-state index in [1.54, 1.807) is 0 Å². The number of nitrogens with one attached hydrogen (secondary N) is 3. The number of sulfonamides is 1. The molecule has 1 aromatic rings. The van der Waals surface area contributed by atoms with Gasteiger partial charge in [-0.2, -0.15) is 0 Å². The van der Waals surface area contributed by atoms with Crippen LogP contribution in [0.1, 0.15) is 19.3 Å². The zero-order valence-corrected chi connectivity index (χ0v) is 14.3. The van der Waals surface area contributed by atoms with Crippen LogP contribution in [0.3, 0.4) is 0 Å². The summed E-state index contributed by atoms with van der Waals surface area (Å²) < 4.78 is 59.0. The van der Waals surface area contributed by atoms with Gasteiger partial charge in [0, 0.05) is 18.0 Å². The van der Waals surface area contributed by atoms with Crippen molar-refractivity contribution in [3.63, 3.8) is 0 Å². The van der Waals surface area contributed by atoms with Crippen molar-refractivity contribution < 1.29 is 26.7 Å². The number of ether oxygens (including phenoxy) is 1. The molecule has 2 fully saturated rings. The second kappa shape index (κ2) is 6.94. The molecule has 1 aliphatic heterocycles. The van der Waals surface area contributed by atoms with Crippen molar-refractivity contribution in [2.75, 3.05) is 7.11 Å². The summed E-state index contributed by atoms with van der Waals surface area (Å²) in [5, 5.41) is 0. The van der Waals surface area contributed by atoms with Crippen LogP contribution in [0.2, 0.25) is 0 Å². The van der Waals surface area contributed by atoms with Gasteiger partial charge in [0.2, 0.25) is 10.0 Å². The third-order valence-corrected chi connectivity index (χ3v) is 6.25. The molecule has 4 unspecified atom stereocenters. The van der Waals surface area contributed by atoms with Gasteiger partial charge >= 0.3 is 5.97 Å². The predicted octanol–water partition coefficient (Wildman–Crippen LogP) is 0.430. The minimum atomic E-state index is -4.21. The Balaban J connectivity index is 1.75. The summed E-state index contributed by atoms with van der Waals surface area (Å²) in [6.07, 6.45) is 1.52. The third kappa shape index (κ3) is 3.66. The Bertz CT molecular complexity index is 774. The molecular formula is C15H19F2N3O4S. The van der Waals surface area contributed by atoms with E-state index >= 15 is 0 Å². The molecule has 138 valence electrons. The highest BCUT2D eigenvalue weighted by Crippen LogP contribution is 2.32. The van der Waals surface area contributed by atoms with E-state index in [2.05, 4.69) is 15.6 Å². The molecule has 0 spiro atoms. The number of esters is 1. The number of hydrogen-bond donors (Lipinski definition) is 3. The van der Waals surface area contributed by atoms with Crippen LogP contribution in [0.4, 0.5) is 8.78 Å². The summed E-state index contributed by atoms with van der Waals surface area (Å²) in [6.45, 7) is 0. The smallest absolute Gasteiger partial charge is 0.324 e. The van der Waals surface area contributed by atoms with Crippen molar-refractivity contribution in [3.8, 4) is 0 Å². The van der Waals surface area contributed by atoms with Gasteiger partial charge in [0.1, 0.15) is 22.6 Å². The Labute approximate surface area is 144 Å². The first-order chi connectivity index (χ1) is 11.8. The van der Waals surface area contributed by atoms with Crippen LogP contribution in [0.25, 0.3) is 0 Å². The maximum atomic E-state index is 13.8. The highest BCUT2D eigenvalue weighted by atomic mass is 32.2. The zero-order valence-electron chi connectivity index (χ0n) is 13.5. The van der Waals surface area contributed by atoms with Crippen molar-refractivity contribution in [2.24, 2.45) is 5.92 Å². The SMILES string of the molecule is COC(=O)C1NNC2CCC(NS(=O)(=O)c3cc(F)ccc3F)CC21. The summed E-state index contributed by atoms with van der Waals surface area (Å²) in [5.74, 6) is -2.44. The van der Waals surface area contributed by atoms with E-state index in [1.165, 1.54) is 7.11 Å². The van der Waals surface area contributed by atoms with E-state index in [-0.39, 0.29) is 12.0 Å². The Morgan fingerprint density at radius 1 is 1.28 bits per heavy atom. The molecule has 1 saturated heterocycles. The summed E-state index contributed by atoms with van der Waals surface area (Å²) in [4.78, 5) is 11.1. The molecule has 2 aliphatic rings. The van der Waals surface area contributed by atoms with Gasteiger partial charge in [-0.25, -0.2) is 27.3 Å². The topological polar surface area (TPSA) is 96.5 Å². The van der Waals surface area contributed by atoms with Crippen molar-refractivity contribution in [2.45, 2.75) is 42.3 Å². The highest BCUT2D eigenvalue weighted by Gasteiger charge is 2.45. The number of carbonyl (C=O) groups is 1. The van der Waals surface area contributed by atoms with E-state index in [9.17, 15) is 22.0 Å². The van der Waals surface area contributed by atoms with E-state index in [1.807, 2.05) is 0 Å². The van der Waals surface area contributed by atoms with Crippen molar-refractivity contribution >= 4 is 16.0 Å². The fraction of sp³-hybridized carbons (Fsp3) is 0.533. The van der Waals surface area contributed by atoms with Crippen LogP contribution >= 0.6 is 0 Å². The van der Waals surface area contributed by atoms with Crippen LogP contribution in [0.15, 0.2) is 23.1 Å². The second-order valence-electron chi connectivity index (χ2n) is 6.27. The molecule has 0 bridgehead atoms. The lowest BCUT2D eigenvalue weighted by atomic mass is 9.79. The van der Waals surface area contributed by atoms with E-state index in [0.717, 1.165) is 12.1 Å². The molecule has 0 amide bonds. The van der Waals surface area contributed by atoms with Gasteiger partial charge in [0.15, 0.2) is 0 Å². The minimum absolute atomic E-state index is 0.0239. The maximum Gasteiger partial charge on any atom is 0.324 e. The quantitative estimate of drug-likeness (QED) is 0.661. The Morgan fingerprint density at radius 3 is 2.76 bits per heavy atom. The van der Waals surface area contributed by atoms with Gasteiger partial charge in [0.05, 0.1) is 7.11 Å². The number of benzene rings is 1. The van der Waals surface area contributed by atoms with Crippen LogP contribution in [0, 0.1) is 17.6 Å². The van der Waals surface area contributed by atoms with Gasteiger partial charge in [-0.1, -0.05) is 0 Å². The summed E-state index contributed by atoms with van der Waals surface area (Å²) in [5.41, 5.74) is 5.89. The fourth-order valence-corrected chi connectivity index (χ4v) is 4.86. The van der Waals surface area contributed by atoms with Gasteiger partial charge in [-0.15, -0.1) is 0 Å². The van der Waals surface area contributed by atoms with Gasteiger partial charge < -0.3 is 4.74 Å². The monoisotopic (exact) mass is 375 g/mol. The summed E-state index contributed by atoms with van der Waals surface area (Å²) in [6, 6.07) is 1.25. The molecule has 4 atom stereocenters. The predicted molar refractivity (Wildman–Crippen MR) is 83.7 cm³/mol. The van der Waals surface area contributed by atoms with Crippen LogP contribution in [-0.4, -0.2) is 39.6 Å². The Morgan fingerprint density at radius 2 is 2.04 bits per heavy atom. The highest BCUT2D eigenvalue weighted by molar-refractivity contribution is 7.89. The molecular weight excluding hydrogens is 356 g/mol. The molecule has 1 saturated carbocycles. The van der Waals surface area contributed by atoms with E-state index in [4.69, 9.17) is 4.74 Å². The maximum absolute atomic E-state index is 13.8. The molecule has 0 aromatic heterocycles. The van der Waals surface area contributed by atoms with E-state index < -0.39 is 44.6 Å². The van der Waals surface area contributed by atoms with Crippen LogP contribution in [-0.2, 0) is 19.6 Å². The molecule has 7 nitrogen and oxygen atoms in total. The lowest BCUT2D eigenvalue weighted by Gasteiger charge is -2.32. The van der Waals surface area contributed by atoms with Crippen LogP contribution in [0.5, 0.6) is 0 Å². The minimum Gasteiger partial charge on any atom is -0.468 e. The number of rotatable bonds is 4. The van der Waals surface area contributed by atoms with Crippen molar-refractivity contribution in [3.05, 3.63) is 29.8 Å². The normalized spacial score (nSPS) is 29.2. The fourth-order valence-electron chi connectivity index (χ4n) is 3.49. The molecule has 3 rings (SSSR count). The Hall–Kier alpha value is -1.62. The molecule has 1 aromatic carbocycles. The molecule has 1 heterocycles. The largest absolute Gasteiger partial charge is 0.468 e. The van der Waals surface area contributed by atoms with Gasteiger partial charge in [-0.3, -0.25) is 10.2 Å². The first kappa shape index (κ1) is 18.2. The summed E-state index contributed by atoms with van der Waals surface area (Å²) in [7, 11) is -2.92. The molecule has 1 aliphatic carbocycles. The molecule has 25 heavy (non-hydrogen) atoms. The first-order valence-corrected chi connectivity index (χ1v) is 9.36. The van der Waals surface area contributed by atoms with Gasteiger partial charge in [0.25, 0.3) is 0 Å². The average Bonchev–Trinajstić information content (AvgIpc) is 2.99. The number of carbonyl (C=O) groups excluding carboxylic acids is 1. The number of hydrogen-bond acceptors (Lipinski definition) is 6. The molecule has 0 radical (unpaired) electrons. The number of halogens is 2. The van der Waals surface area contributed by atoms with Crippen molar-refractivity contribution in [1.82, 2.24) is 15.6 Å². The van der Waals surface area contributed by atoms with E-state index in [0.29, 0.717) is 25.3 Å². The number of hydrazine groups is 1. The summed E-state index contributed by atoms with van der Waals surface area (Å²) >= 11 is 0. The lowest BCUT2D eigenvalue weighted by molar-refractivity contribution is -0.144. The average molecular weight is 375 g/mol. The zero-order chi connectivity index (χ0) is 18.2. The number of fused-ring (bicyclic) bond motifs is 1. The third-order valence-electron chi connectivity index (χ3n) is 4.71. The van der Waals surface area contributed by atoms with Crippen molar-refractivity contribution in [1.29, 1.82) is 0 Å². The van der Waals surface area contributed by atoms with Crippen LogP contribution < -0.4 is 15.6 Å². The lowest BCUT2D eigenvalue weighted by Crippen LogP contribution is -2.46. The number of methoxy groups -OCH3 is 1. The first-order valence-electron chi connectivity index (χ1n) is 7.88.